The first-order valence-corrected chi connectivity index (χ1v) is 6.95. The lowest BCUT2D eigenvalue weighted by Crippen LogP contribution is -2.22. The predicted molar refractivity (Wildman–Crippen MR) is 80.3 cm³/mol. The van der Waals surface area contributed by atoms with Gasteiger partial charge in [-0.3, -0.25) is 9.36 Å². The molecule has 0 spiro atoms. The fraction of sp³-hybridized carbons (Fsp3) is 0.333. The number of aryl methyl sites for hydroxylation is 3. The van der Waals surface area contributed by atoms with Crippen LogP contribution in [0, 0.1) is 13.8 Å². The first kappa shape index (κ1) is 13.5. The summed E-state index contributed by atoms with van der Waals surface area (Å²) in [7, 11) is 0. The van der Waals surface area contributed by atoms with Crippen molar-refractivity contribution in [3.63, 3.8) is 0 Å². The third-order valence-corrected chi connectivity index (χ3v) is 3.64. The minimum atomic E-state index is -0.152. The van der Waals surface area contributed by atoms with Gasteiger partial charge in [0, 0.05) is 6.54 Å². The Kier molecular flexibility index (Phi) is 3.29. The molecule has 0 N–H and O–H groups in total. The molecule has 0 radical (unpaired) electrons. The van der Waals surface area contributed by atoms with Gasteiger partial charge in [0.15, 0.2) is 11.2 Å². The van der Waals surface area contributed by atoms with Crippen molar-refractivity contribution < 1.29 is 0 Å². The lowest BCUT2D eigenvalue weighted by molar-refractivity contribution is 0.640. The van der Waals surface area contributed by atoms with Crippen LogP contribution in [-0.2, 0) is 13.1 Å². The maximum absolute atomic E-state index is 12.5. The number of hydrogen-bond donors (Lipinski definition) is 0. The van der Waals surface area contributed by atoms with Crippen molar-refractivity contribution in [3.05, 3.63) is 51.6 Å². The van der Waals surface area contributed by atoms with E-state index in [0.29, 0.717) is 24.3 Å². The molecule has 108 valence electrons. The fourth-order valence-corrected chi connectivity index (χ4v) is 2.37. The second-order valence-electron chi connectivity index (χ2n) is 5.18. The second kappa shape index (κ2) is 5.12. The van der Waals surface area contributed by atoms with E-state index < -0.39 is 0 Å². The smallest absolute Gasteiger partial charge is 0.283 e. The van der Waals surface area contributed by atoms with Crippen LogP contribution in [0.25, 0.3) is 11.2 Å². The maximum atomic E-state index is 12.5. The Hall–Kier alpha value is -2.50. The summed E-state index contributed by atoms with van der Waals surface area (Å²) < 4.78 is 3.21. The summed E-state index contributed by atoms with van der Waals surface area (Å²) in [5.41, 5.74) is 4.16. The number of fused-ring (bicyclic) bond motifs is 1. The van der Waals surface area contributed by atoms with Crippen molar-refractivity contribution in [2.45, 2.75) is 33.9 Å². The van der Waals surface area contributed by atoms with Gasteiger partial charge in [-0.25, -0.2) is 9.67 Å². The van der Waals surface area contributed by atoms with Gasteiger partial charge >= 0.3 is 0 Å². The summed E-state index contributed by atoms with van der Waals surface area (Å²) in [5.74, 6) is 0. The quantitative estimate of drug-likeness (QED) is 0.733. The number of benzene rings is 1. The summed E-state index contributed by atoms with van der Waals surface area (Å²) in [6, 6.07) is 6.22. The van der Waals surface area contributed by atoms with Gasteiger partial charge in [0.2, 0.25) is 0 Å². The topological polar surface area (TPSA) is 65.6 Å². The first-order valence-electron chi connectivity index (χ1n) is 6.95. The van der Waals surface area contributed by atoms with E-state index >= 15 is 0 Å². The second-order valence-corrected chi connectivity index (χ2v) is 5.18. The van der Waals surface area contributed by atoms with Gasteiger partial charge < -0.3 is 0 Å². The molecule has 21 heavy (non-hydrogen) atoms. The molecular formula is C15H17N5O. The van der Waals surface area contributed by atoms with Gasteiger partial charge in [-0.05, 0) is 31.9 Å². The van der Waals surface area contributed by atoms with Crippen LogP contribution in [-0.4, -0.2) is 24.5 Å². The molecule has 0 saturated heterocycles. The van der Waals surface area contributed by atoms with Crippen molar-refractivity contribution in [2.24, 2.45) is 0 Å². The predicted octanol–water partition coefficient (Wildman–Crippen LogP) is 1.67. The van der Waals surface area contributed by atoms with E-state index in [2.05, 4.69) is 33.5 Å². The van der Waals surface area contributed by atoms with Gasteiger partial charge in [0.1, 0.15) is 6.33 Å². The largest absolute Gasteiger partial charge is 0.293 e. The third-order valence-electron chi connectivity index (χ3n) is 3.64. The summed E-state index contributed by atoms with van der Waals surface area (Å²) in [6.45, 7) is 7.16. The van der Waals surface area contributed by atoms with Crippen LogP contribution in [0.2, 0.25) is 0 Å². The molecule has 1 aromatic carbocycles. The molecule has 0 aliphatic rings. The van der Waals surface area contributed by atoms with E-state index in [0.717, 1.165) is 11.1 Å². The molecule has 0 unspecified atom stereocenters. The zero-order chi connectivity index (χ0) is 15.0. The third kappa shape index (κ3) is 2.33. The fourth-order valence-electron chi connectivity index (χ4n) is 2.37. The molecule has 0 amide bonds. The molecular weight excluding hydrogens is 266 g/mol. The highest BCUT2D eigenvalue weighted by atomic mass is 16.1. The monoisotopic (exact) mass is 283 g/mol. The van der Waals surface area contributed by atoms with Crippen LogP contribution in [0.3, 0.4) is 0 Å². The lowest BCUT2D eigenvalue weighted by Gasteiger charge is -2.09. The molecule has 2 aromatic heterocycles. The van der Waals surface area contributed by atoms with Crippen LogP contribution >= 0.6 is 0 Å². The molecule has 2 heterocycles. The summed E-state index contributed by atoms with van der Waals surface area (Å²) >= 11 is 0. The van der Waals surface area contributed by atoms with Crippen molar-refractivity contribution in [1.29, 1.82) is 0 Å². The normalized spacial score (nSPS) is 11.2. The molecule has 0 fully saturated rings. The van der Waals surface area contributed by atoms with Crippen molar-refractivity contribution in [3.8, 4) is 0 Å². The zero-order valence-electron chi connectivity index (χ0n) is 12.4. The molecule has 0 bridgehead atoms. The highest BCUT2D eigenvalue weighted by molar-refractivity contribution is 5.67. The van der Waals surface area contributed by atoms with Crippen LogP contribution in [0.5, 0.6) is 0 Å². The Balaban J connectivity index is 2.07. The standard InChI is InChI=1S/C15H17N5O/c1-4-20-14-13(17-18-20)15(21)19(9-16-14)8-12-7-10(2)5-6-11(12)3/h5-7,9H,4,8H2,1-3H3. The van der Waals surface area contributed by atoms with Gasteiger partial charge in [0.05, 0.1) is 6.54 Å². The maximum Gasteiger partial charge on any atom is 0.283 e. The summed E-state index contributed by atoms with van der Waals surface area (Å²) in [5, 5.41) is 7.89. The average molecular weight is 283 g/mol. The van der Waals surface area contributed by atoms with Crippen LogP contribution in [0.4, 0.5) is 0 Å². The van der Waals surface area contributed by atoms with E-state index in [4.69, 9.17) is 0 Å². The molecule has 0 saturated carbocycles. The van der Waals surface area contributed by atoms with Gasteiger partial charge in [0.25, 0.3) is 5.56 Å². The highest BCUT2D eigenvalue weighted by Crippen LogP contribution is 2.12. The zero-order valence-corrected chi connectivity index (χ0v) is 12.4. The first-order chi connectivity index (χ1) is 10.1. The Morgan fingerprint density at radius 1 is 1.24 bits per heavy atom. The molecule has 3 rings (SSSR count). The Labute approximate surface area is 122 Å². The molecule has 3 aromatic rings. The minimum absolute atomic E-state index is 0.152. The summed E-state index contributed by atoms with van der Waals surface area (Å²) in [6.07, 6.45) is 1.57. The molecule has 0 atom stereocenters. The van der Waals surface area contributed by atoms with Crippen LogP contribution < -0.4 is 5.56 Å². The number of nitrogens with zero attached hydrogens (tertiary/aromatic N) is 5. The Morgan fingerprint density at radius 3 is 2.81 bits per heavy atom. The van der Waals surface area contributed by atoms with Gasteiger partial charge in [-0.1, -0.05) is 29.0 Å². The Morgan fingerprint density at radius 2 is 2.05 bits per heavy atom. The Bertz CT molecular complexity index is 862. The molecule has 6 nitrogen and oxygen atoms in total. The molecule has 0 aliphatic heterocycles. The van der Waals surface area contributed by atoms with Crippen LogP contribution in [0.15, 0.2) is 29.3 Å². The number of aromatic nitrogens is 5. The molecule has 6 heteroatoms. The average Bonchev–Trinajstić information content (AvgIpc) is 2.89. The van der Waals surface area contributed by atoms with Gasteiger partial charge in [-0.15, -0.1) is 5.10 Å². The van der Waals surface area contributed by atoms with Crippen molar-refractivity contribution in [2.75, 3.05) is 0 Å². The van der Waals surface area contributed by atoms with E-state index in [-0.39, 0.29) is 5.56 Å². The summed E-state index contributed by atoms with van der Waals surface area (Å²) in [4.78, 5) is 16.8. The number of hydrogen-bond acceptors (Lipinski definition) is 4. The van der Waals surface area contributed by atoms with E-state index in [1.807, 2.05) is 20.8 Å². The lowest BCUT2D eigenvalue weighted by atomic mass is 10.1. The van der Waals surface area contributed by atoms with E-state index in [1.54, 1.807) is 15.6 Å². The van der Waals surface area contributed by atoms with Crippen molar-refractivity contribution >= 4 is 11.2 Å². The van der Waals surface area contributed by atoms with Crippen LogP contribution in [0.1, 0.15) is 23.6 Å². The van der Waals surface area contributed by atoms with Gasteiger partial charge in [-0.2, -0.15) is 0 Å². The van der Waals surface area contributed by atoms with E-state index in [9.17, 15) is 4.79 Å². The minimum Gasteiger partial charge on any atom is -0.293 e. The number of rotatable bonds is 3. The molecule has 0 aliphatic carbocycles. The van der Waals surface area contributed by atoms with E-state index in [1.165, 1.54) is 5.56 Å². The highest BCUT2D eigenvalue weighted by Gasteiger charge is 2.11. The van der Waals surface area contributed by atoms with Crippen molar-refractivity contribution in [1.82, 2.24) is 24.5 Å². The SMILES string of the molecule is CCn1nnc2c(=O)n(Cc3cc(C)ccc3C)cnc21.